The summed E-state index contributed by atoms with van der Waals surface area (Å²) in [5.41, 5.74) is -1.75. The number of piperidine rings is 1. The minimum absolute atomic E-state index is 0.107. The van der Waals surface area contributed by atoms with Gasteiger partial charge in [-0.3, -0.25) is 9.78 Å². The van der Waals surface area contributed by atoms with Crippen LogP contribution in [-0.4, -0.2) is 46.4 Å². The van der Waals surface area contributed by atoms with Crippen molar-refractivity contribution >= 4 is 21.9 Å². The van der Waals surface area contributed by atoms with Gasteiger partial charge in [0.05, 0.1) is 33.5 Å². The number of ketones is 1. The Labute approximate surface area is 245 Å². The van der Waals surface area contributed by atoms with Crippen LogP contribution in [0.15, 0.2) is 71.4 Å². The van der Waals surface area contributed by atoms with E-state index in [0.717, 1.165) is 10.5 Å². The molecule has 0 spiro atoms. The fourth-order valence-corrected chi connectivity index (χ4v) is 7.14. The topological polar surface area (TPSA) is 85.2 Å². The van der Waals surface area contributed by atoms with Crippen molar-refractivity contribution in [1.29, 1.82) is 0 Å². The average Bonchev–Trinajstić information content (AvgIpc) is 3.39. The van der Waals surface area contributed by atoms with Crippen molar-refractivity contribution in [3.05, 3.63) is 112 Å². The molecule has 2 aromatic carbocycles. The van der Waals surface area contributed by atoms with Gasteiger partial charge in [-0.25, -0.2) is 30.7 Å². The van der Waals surface area contributed by atoms with Crippen molar-refractivity contribution in [3.8, 4) is 5.69 Å². The van der Waals surface area contributed by atoms with Crippen LogP contribution in [0.2, 0.25) is 0 Å². The highest BCUT2D eigenvalue weighted by atomic mass is 32.2. The predicted molar refractivity (Wildman–Crippen MR) is 141 cm³/mol. The van der Waals surface area contributed by atoms with Gasteiger partial charge in [0, 0.05) is 19.3 Å². The molecule has 0 saturated carbocycles. The van der Waals surface area contributed by atoms with E-state index in [1.165, 1.54) is 35.1 Å². The quantitative estimate of drug-likeness (QED) is 0.158. The zero-order valence-electron chi connectivity index (χ0n) is 22.2. The van der Waals surface area contributed by atoms with Crippen molar-refractivity contribution in [2.45, 2.75) is 23.9 Å². The Bertz CT molecular complexity index is 1930. The lowest BCUT2D eigenvalue weighted by atomic mass is 9.65. The fourth-order valence-electron chi connectivity index (χ4n) is 5.62. The van der Waals surface area contributed by atoms with Crippen LogP contribution in [0, 0.1) is 28.7 Å². The number of sulfonamides is 1. The van der Waals surface area contributed by atoms with E-state index in [1.807, 2.05) is 0 Å². The van der Waals surface area contributed by atoms with Crippen molar-refractivity contribution in [2.75, 3.05) is 13.1 Å². The van der Waals surface area contributed by atoms with Crippen LogP contribution < -0.4 is 0 Å². The zero-order chi connectivity index (χ0) is 31.6. The number of benzene rings is 2. The van der Waals surface area contributed by atoms with Crippen LogP contribution in [0.4, 0.5) is 30.7 Å². The second kappa shape index (κ2) is 10.4. The maximum absolute atomic E-state index is 14.2. The highest BCUT2D eigenvalue weighted by molar-refractivity contribution is 7.89. The first-order valence-electron chi connectivity index (χ1n) is 13.0. The summed E-state index contributed by atoms with van der Waals surface area (Å²) in [7, 11) is -4.73. The predicted octanol–water partition coefficient (Wildman–Crippen LogP) is 5.75. The molecule has 1 saturated heterocycles. The number of rotatable bonds is 5. The SMILES string of the molecule is O=C(c1cc(C(F)(F)F)ccn1)[C@]12Cc3cnn(-c4ccc(F)cc4)c3C=C1CCN(S(=O)(=O)c1cc(F)c(F)c(F)c1)C2. The van der Waals surface area contributed by atoms with Crippen LogP contribution in [-0.2, 0) is 22.6 Å². The molecule has 0 amide bonds. The highest BCUT2D eigenvalue weighted by Gasteiger charge is 2.51. The molecule has 4 aromatic rings. The van der Waals surface area contributed by atoms with Crippen LogP contribution in [0.1, 0.15) is 33.7 Å². The van der Waals surface area contributed by atoms with Gasteiger partial charge in [-0.05, 0) is 73.0 Å². The van der Waals surface area contributed by atoms with Crippen molar-refractivity contribution in [3.63, 3.8) is 0 Å². The molecule has 3 heterocycles. The Morgan fingerprint density at radius 3 is 2.30 bits per heavy atom. The molecule has 1 aliphatic carbocycles. The monoisotopic (exact) mass is 636 g/mol. The van der Waals surface area contributed by atoms with E-state index in [0.29, 0.717) is 46.8 Å². The number of aromatic nitrogens is 3. The first-order chi connectivity index (χ1) is 20.7. The van der Waals surface area contributed by atoms with Crippen molar-refractivity contribution < 1.29 is 43.9 Å². The van der Waals surface area contributed by atoms with Gasteiger partial charge in [-0.2, -0.15) is 22.6 Å². The number of fused-ring (bicyclic) bond motifs is 2. The molecule has 228 valence electrons. The van der Waals surface area contributed by atoms with Gasteiger partial charge in [0.15, 0.2) is 23.2 Å². The third-order valence-electron chi connectivity index (χ3n) is 7.80. The lowest BCUT2D eigenvalue weighted by Crippen LogP contribution is -2.53. The maximum Gasteiger partial charge on any atom is 0.416 e. The maximum atomic E-state index is 14.2. The van der Waals surface area contributed by atoms with E-state index in [1.54, 1.807) is 6.08 Å². The summed E-state index contributed by atoms with van der Waals surface area (Å²) in [4.78, 5) is 17.2. The first-order valence-corrected chi connectivity index (χ1v) is 14.4. The fraction of sp³-hybridized carbons (Fsp3) is 0.207. The van der Waals surface area contributed by atoms with Gasteiger partial charge in [-0.15, -0.1) is 0 Å². The average molecular weight is 637 g/mol. The highest BCUT2D eigenvalue weighted by Crippen LogP contribution is 2.47. The summed E-state index contributed by atoms with van der Waals surface area (Å²) in [5.74, 6) is -6.74. The summed E-state index contributed by atoms with van der Waals surface area (Å²) < 4.78 is 125. The Morgan fingerprint density at radius 1 is 0.955 bits per heavy atom. The summed E-state index contributed by atoms with van der Waals surface area (Å²) >= 11 is 0. The number of Topliss-reactive ketones (excluding diaryl/α,β-unsaturated/α-hetero) is 1. The molecule has 7 nitrogen and oxygen atoms in total. The molecule has 6 rings (SSSR count). The molecule has 1 atom stereocenters. The minimum Gasteiger partial charge on any atom is -0.291 e. The van der Waals surface area contributed by atoms with E-state index < -0.39 is 73.4 Å². The lowest BCUT2D eigenvalue weighted by molar-refractivity contribution is -0.137. The number of halogens is 7. The molecule has 0 N–H and O–H groups in total. The normalized spacial score (nSPS) is 18.8. The minimum atomic E-state index is -4.80. The largest absolute Gasteiger partial charge is 0.416 e. The van der Waals surface area contributed by atoms with E-state index >= 15 is 0 Å². The zero-order valence-corrected chi connectivity index (χ0v) is 23.1. The molecule has 1 aliphatic heterocycles. The Balaban J connectivity index is 1.47. The summed E-state index contributed by atoms with van der Waals surface area (Å²) in [6, 6.07) is 7.26. The van der Waals surface area contributed by atoms with Crippen LogP contribution in [0.5, 0.6) is 0 Å². The van der Waals surface area contributed by atoms with Crippen LogP contribution >= 0.6 is 0 Å². The summed E-state index contributed by atoms with van der Waals surface area (Å²) in [5, 5.41) is 4.33. The number of pyridine rings is 1. The van der Waals surface area contributed by atoms with Gasteiger partial charge >= 0.3 is 6.18 Å². The number of alkyl halides is 3. The standard InChI is InChI=1S/C29H19F7N4O3S/c30-19-1-3-20(4-2-19)40-25-10-17-6-8-39(44(42,43)21-11-22(31)26(33)23(32)12-21)15-28(17,13-16(25)14-38-40)27(41)24-9-18(5-7-37-24)29(34,35)36/h1-5,7,9-12,14H,6,8,13,15H2/t28-/m0/s1. The van der Waals surface area contributed by atoms with Gasteiger partial charge in [0.1, 0.15) is 11.5 Å². The van der Waals surface area contributed by atoms with E-state index in [-0.39, 0.29) is 19.4 Å². The number of carbonyl (C=O) groups excluding carboxylic acids is 1. The molecule has 0 unspecified atom stereocenters. The number of hydrogen-bond donors (Lipinski definition) is 0. The molecule has 15 heteroatoms. The Hall–Kier alpha value is -4.37. The molecule has 2 aliphatic rings. The molecular weight excluding hydrogens is 617 g/mol. The molecule has 2 aromatic heterocycles. The third kappa shape index (κ3) is 4.89. The van der Waals surface area contributed by atoms with E-state index in [4.69, 9.17) is 0 Å². The summed E-state index contributed by atoms with van der Waals surface area (Å²) in [6.45, 7) is -0.903. The number of carbonyl (C=O) groups is 1. The number of nitrogens with zero attached hydrogens (tertiary/aromatic N) is 4. The van der Waals surface area contributed by atoms with Crippen molar-refractivity contribution in [1.82, 2.24) is 19.1 Å². The molecular formula is C29H19F7N4O3S. The second-order valence-electron chi connectivity index (χ2n) is 10.4. The smallest absolute Gasteiger partial charge is 0.291 e. The van der Waals surface area contributed by atoms with E-state index in [2.05, 4.69) is 10.1 Å². The van der Waals surface area contributed by atoms with Gasteiger partial charge in [0.2, 0.25) is 10.0 Å². The molecule has 1 fully saturated rings. The molecule has 44 heavy (non-hydrogen) atoms. The summed E-state index contributed by atoms with van der Waals surface area (Å²) in [6.07, 6.45) is -1.32. The second-order valence-corrected chi connectivity index (χ2v) is 12.4. The molecule has 0 radical (unpaired) electrons. The third-order valence-corrected chi connectivity index (χ3v) is 9.62. The Kier molecular flexibility index (Phi) is 7.00. The first kappa shape index (κ1) is 29.7. The van der Waals surface area contributed by atoms with Gasteiger partial charge in [0.25, 0.3) is 0 Å². The Morgan fingerprint density at radius 2 is 1.64 bits per heavy atom. The molecule has 0 bridgehead atoms. The lowest BCUT2D eigenvalue weighted by Gasteiger charge is -2.44. The van der Waals surface area contributed by atoms with Crippen LogP contribution in [0.3, 0.4) is 0 Å². The van der Waals surface area contributed by atoms with E-state index in [9.17, 15) is 43.9 Å². The van der Waals surface area contributed by atoms with Gasteiger partial charge in [-0.1, -0.05) is 5.57 Å². The van der Waals surface area contributed by atoms with Gasteiger partial charge < -0.3 is 0 Å². The number of hydrogen-bond acceptors (Lipinski definition) is 5. The van der Waals surface area contributed by atoms with Crippen molar-refractivity contribution in [2.24, 2.45) is 5.41 Å². The van der Waals surface area contributed by atoms with Crippen LogP contribution in [0.25, 0.3) is 11.8 Å².